The molecule has 0 atom stereocenters. The van der Waals surface area contributed by atoms with Gasteiger partial charge in [0.2, 0.25) is 0 Å². The maximum atomic E-state index is 12.9. The van der Waals surface area contributed by atoms with Gasteiger partial charge in [0, 0.05) is 0 Å². The predicted octanol–water partition coefficient (Wildman–Crippen LogP) is 4.29. The van der Waals surface area contributed by atoms with Crippen LogP contribution in [0.3, 0.4) is 0 Å². The first-order valence-electron chi connectivity index (χ1n) is 4.38. The second-order valence-electron chi connectivity index (χ2n) is 3.14. The number of hydrogen-bond donors (Lipinski definition) is 0. The second kappa shape index (κ2) is 3.99. The predicted molar refractivity (Wildman–Crippen MR) is 56.8 cm³/mol. The Morgan fingerprint density at radius 2 is 1.60 bits per heavy atom. The quantitative estimate of drug-likeness (QED) is 0.678. The molecule has 0 N–H and O–H groups in total. The van der Waals surface area contributed by atoms with Gasteiger partial charge in [-0.05, 0) is 35.4 Å². The van der Waals surface area contributed by atoms with Gasteiger partial charge in [0.1, 0.15) is 11.6 Å². The summed E-state index contributed by atoms with van der Waals surface area (Å²) >= 11 is 5.63. The zero-order valence-corrected chi connectivity index (χ0v) is 8.43. The largest absolute Gasteiger partial charge is 0.207 e. The Morgan fingerprint density at radius 1 is 0.867 bits per heavy atom. The summed E-state index contributed by atoms with van der Waals surface area (Å²) < 4.78 is 25.8. The van der Waals surface area contributed by atoms with Gasteiger partial charge in [0.25, 0.3) is 0 Å². The number of hydrogen-bond acceptors (Lipinski definition) is 0. The molecule has 0 aliphatic carbocycles. The molecule has 0 radical (unpaired) electrons. The van der Waals surface area contributed by atoms with E-state index in [1.165, 1.54) is 24.3 Å². The Morgan fingerprint density at radius 3 is 2.27 bits per heavy atom. The van der Waals surface area contributed by atoms with Gasteiger partial charge < -0.3 is 0 Å². The SMILES string of the molecule is Fc1cccc(-c2ccc(F)c(Cl)c2)c1. The molecular weight excluding hydrogens is 218 g/mol. The summed E-state index contributed by atoms with van der Waals surface area (Å²) in [7, 11) is 0. The van der Waals surface area contributed by atoms with E-state index >= 15 is 0 Å². The maximum absolute atomic E-state index is 12.9. The normalized spacial score (nSPS) is 10.3. The van der Waals surface area contributed by atoms with E-state index in [2.05, 4.69) is 0 Å². The first-order chi connectivity index (χ1) is 7.16. The fourth-order valence-corrected chi connectivity index (χ4v) is 1.52. The van der Waals surface area contributed by atoms with Crippen molar-refractivity contribution in [2.24, 2.45) is 0 Å². The molecular formula is C12H7ClF2. The number of rotatable bonds is 1. The van der Waals surface area contributed by atoms with Gasteiger partial charge in [-0.2, -0.15) is 0 Å². The van der Waals surface area contributed by atoms with Gasteiger partial charge in [0.05, 0.1) is 5.02 Å². The van der Waals surface area contributed by atoms with Crippen LogP contribution in [0.5, 0.6) is 0 Å². The van der Waals surface area contributed by atoms with Crippen molar-refractivity contribution in [3.8, 4) is 11.1 Å². The van der Waals surface area contributed by atoms with E-state index in [1.54, 1.807) is 18.2 Å². The molecule has 76 valence electrons. The molecule has 0 aromatic heterocycles. The number of halogens is 3. The summed E-state index contributed by atoms with van der Waals surface area (Å²) in [6.45, 7) is 0. The van der Waals surface area contributed by atoms with E-state index in [9.17, 15) is 8.78 Å². The lowest BCUT2D eigenvalue weighted by molar-refractivity contribution is 0.627. The number of benzene rings is 2. The van der Waals surface area contributed by atoms with Crippen LogP contribution in [0.1, 0.15) is 0 Å². The van der Waals surface area contributed by atoms with Crippen LogP contribution in [0.4, 0.5) is 8.78 Å². The van der Waals surface area contributed by atoms with Crippen LogP contribution in [-0.2, 0) is 0 Å². The molecule has 0 saturated carbocycles. The van der Waals surface area contributed by atoms with Crippen molar-refractivity contribution in [3.63, 3.8) is 0 Å². The molecule has 2 aromatic carbocycles. The molecule has 0 amide bonds. The van der Waals surface area contributed by atoms with E-state index in [-0.39, 0.29) is 10.8 Å². The molecule has 0 nitrogen and oxygen atoms in total. The van der Waals surface area contributed by atoms with Gasteiger partial charge in [-0.3, -0.25) is 0 Å². The minimum atomic E-state index is -0.475. The Bertz CT molecular complexity index is 495. The van der Waals surface area contributed by atoms with Gasteiger partial charge in [0.15, 0.2) is 0 Å². The first-order valence-corrected chi connectivity index (χ1v) is 4.75. The average molecular weight is 225 g/mol. The summed E-state index contributed by atoms with van der Waals surface area (Å²) in [5.74, 6) is -0.801. The van der Waals surface area contributed by atoms with Crippen molar-refractivity contribution in [1.82, 2.24) is 0 Å². The Kier molecular flexibility index (Phi) is 2.69. The zero-order chi connectivity index (χ0) is 10.8. The van der Waals surface area contributed by atoms with Crippen molar-refractivity contribution < 1.29 is 8.78 Å². The lowest BCUT2D eigenvalue weighted by atomic mass is 10.1. The van der Waals surface area contributed by atoms with Crippen molar-refractivity contribution in [2.45, 2.75) is 0 Å². The molecule has 0 heterocycles. The summed E-state index contributed by atoms with van der Waals surface area (Å²) in [6, 6.07) is 10.4. The maximum Gasteiger partial charge on any atom is 0.141 e. The molecule has 0 spiro atoms. The topological polar surface area (TPSA) is 0 Å². The van der Waals surface area contributed by atoms with Crippen molar-refractivity contribution >= 4 is 11.6 Å². The van der Waals surface area contributed by atoms with E-state index in [0.717, 1.165) is 0 Å². The summed E-state index contributed by atoms with van der Waals surface area (Å²) in [5.41, 5.74) is 1.37. The molecule has 0 bridgehead atoms. The van der Waals surface area contributed by atoms with Crippen LogP contribution in [0.25, 0.3) is 11.1 Å². The average Bonchev–Trinajstić information content (AvgIpc) is 2.22. The first kappa shape index (κ1) is 10.1. The molecule has 2 aromatic rings. The summed E-state index contributed by atoms with van der Waals surface area (Å²) in [6.07, 6.45) is 0. The molecule has 2 rings (SSSR count). The molecule has 0 aliphatic heterocycles. The van der Waals surface area contributed by atoms with Gasteiger partial charge >= 0.3 is 0 Å². The fourth-order valence-electron chi connectivity index (χ4n) is 1.34. The van der Waals surface area contributed by atoms with Gasteiger partial charge in [-0.15, -0.1) is 0 Å². The minimum absolute atomic E-state index is 0.0387. The van der Waals surface area contributed by atoms with Crippen LogP contribution >= 0.6 is 11.6 Å². The monoisotopic (exact) mass is 224 g/mol. The smallest absolute Gasteiger partial charge is 0.141 e. The van der Waals surface area contributed by atoms with Crippen LogP contribution < -0.4 is 0 Å². The molecule has 0 fully saturated rings. The highest BCUT2D eigenvalue weighted by molar-refractivity contribution is 6.31. The molecule has 15 heavy (non-hydrogen) atoms. The van der Waals surface area contributed by atoms with Crippen LogP contribution in [-0.4, -0.2) is 0 Å². The highest BCUT2D eigenvalue weighted by atomic mass is 35.5. The molecule has 3 heteroatoms. The van der Waals surface area contributed by atoms with E-state index < -0.39 is 5.82 Å². The van der Waals surface area contributed by atoms with Crippen molar-refractivity contribution in [2.75, 3.05) is 0 Å². The fraction of sp³-hybridized carbons (Fsp3) is 0. The zero-order valence-electron chi connectivity index (χ0n) is 7.68. The standard InChI is InChI=1S/C12H7ClF2/c13-11-7-9(4-5-12(11)15)8-2-1-3-10(14)6-8/h1-7H. The highest BCUT2D eigenvalue weighted by Gasteiger charge is 2.03. The molecule has 0 unspecified atom stereocenters. The third-order valence-electron chi connectivity index (χ3n) is 2.08. The van der Waals surface area contributed by atoms with Crippen LogP contribution in [0.2, 0.25) is 5.02 Å². The second-order valence-corrected chi connectivity index (χ2v) is 3.55. The lowest BCUT2D eigenvalue weighted by Crippen LogP contribution is -1.82. The Balaban J connectivity index is 2.50. The third-order valence-corrected chi connectivity index (χ3v) is 2.37. The summed E-state index contributed by atoms with van der Waals surface area (Å²) in [5, 5.41) is 0.0387. The lowest BCUT2D eigenvalue weighted by Gasteiger charge is -2.02. The summed E-state index contributed by atoms with van der Waals surface area (Å²) in [4.78, 5) is 0. The van der Waals surface area contributed by atoms with Gasteiger partial charge in [-0.25, -0.2) is 8.78 Å². The van der Waals surface area contributed by atoms with Crippen LogP contribution in [0.15, 0.2) is 42.5 Å². The van der Waals surface area contributed by atoms with E-state index in [4.69, 9.17) is 11.6 Å². The van der Waals surface area contributed by atoms with Crippen LogP contribution in [0, 0.1) is 11.6 Å². The minimum Gasteiger partial charge on any atom is -0.207 e. The Labute approximate surface area is 91.1 Å². The molecule has 0 aliphatic rings. The van der Waals surface area contributed by atoms with Gasteiger partial charge in [-0.1, -0.05) is 29.8 Å². The van der Waals surface area contributed by atoms with Crippen molar-refractivity contribution in [1.29, 1.82) is 0 Å². The third kappa shape index (κ3) is 2.16. The highest BCUT2D eigenvalue weighted by Crippen LogP contribution is 2.25. The Hall–Kier alpha value is -1.41. The van der Waals surface area contributed by atoms with Crippen molar-refractivity contribution in [3.05, 3.63) is 59.1 Å². The molecule has 0 saturated heterocycles. The van der Waals surface area contributed by atoms with E-state index in [0.29, 0.717) is 11.1 Å². The van der Waals surface area contributed by atoms with E-state index in [1.807, 2.05) is 0 Å².